The summed E-state index contributed by atoms with van der Waals surface area (Å²) in [5.41, 5.74) is 3.45. The Morgan fingerprint density at radius 2 is 1.96 bits per heavy atom. The number of benzene rings is 2. The van der Waals surface area contributed by atoms with E-state index in [0.717, 1.165) is 28.4 Å². The summed E-state index contributed by atoms with van der Waals surface area (Å²) in [7, 11) is 1.66. The van der Waals surface area contributed by atoms with E-state index in [1.54, 1.807) is 7.11 Å². The van der Waals surface area contributed by atoms with E-state index in [1.807, 2.05) is 30.3 Å². The first-order chi connectivity index (χ1) is 13.5. The van der Waals surface area contributed by atoms with Crippen LogP contribution in [0.1, 0.15) is 42.3 Å². The lowest BCUT2D eigenvalue weighted by atomic mass is 10.0. The Morgan fingerprint density at radius 1 is 1.14 bits per heavy atom. The number of methoxy groups -OCH3 is 1. The molecule has 0 aliphatic heterocycles. The minimum atomic E-state index is 0.270. The summed E-state index contributed by atoms with van der Waals surface area (Å²) < 4.78 is 12.8. The van der Waals surface area contributed by atoms with Gasteiger partial charge in [-0.25, -0.2) is 4.68 Å². The van der Waals surface area contributed by atoms with Crippen LogP contribution in [0.15, 0.2) is 47.6 Å². The molecule has 0 unspecified atom stereocenters. The fourth-order valence-electron chi connectivity index (χ4n) is 2.80. The highest BCUT2D eigenvalue weighted by atomic mass is 32.2. The minimum Gasteiger partial charge on any atom is -0.497 e. The van der Waals surface area contributed by atoms with Gasteiger partial charge in [0.2, 0.25) is 5.16 Å². The molecule has 0 radical (unpaired) electrons. The van der Waals surface area contributed by atoms with Crippen molar-refractivity contribution in [3.05, 3.63) is 65.0 Å². The van der Waals surface area contributed by atoms with Gasteiger partial charge in [0.05, 0.1) is 7.11 Å². The Kier molecular flexibility index (Phi) is 6.46. The molecular weight excluding hydrogens is 372 g/mol. The molecular formula is C21H26N4O2S. The molecule has 28 heavy (non-hydrogen) atoms. The van der Waals surface area contributed by atoms with Crippen LogP contribution in [-0.2, 0) is 12.4 Å². The van der Waals surface area contributed by atoms with Crippen molar-refractivity contribution in [3.8, 4) is 11.5 Å². The van der Waals surface area contributed by atoms with Gasteiger partial charge in [0.25, 0.3) is 0 Å². The molecule has 2 aromatic carbocycles. The van der Waals surface area contributed by atoms with E-state index in [9.17, 15) is 0 Å². The molecule has 0 spiro atoms. The number of rotatable bonds is 8. The van der Waals surface area contributed by atoms with E-state index in [4.69, 9.17) is 15.3 Å². The first-order valence-electron chi connectivity index (χ1n) is 9.16. The number of aromatic nitrogens is 3. The fraction of sp³-hybridized carbons (Fsp3) is 0.333. The molecule has 0 amide bonds. The van der Waals surface area contributed by atoms with Crippen molar-refractivity contribution in [1.82, 2.24) is 14.9 Å². The lowest BCUT2D eigenvalue weighted by molar-refractivity contribution is 0.287. The number of thioether (sulfide) groups is 1. The summed E-state index contributed by atoms with van der Waals surface area (Å²) in [6, 6.07) is 14.2. The Labute approximate surface area is 170 Å². The zero-order valence-electron chi connectivity index (χ0n) is 16.7. The molecule has 0 fully saturated rings. The third-order valence-corrected chi connectivity index (χ3v) is 5.40. The van der Waals surface area contributed by atoms with Gasteiger partial charge in [-0.2, -0.15) is 0 Å². The monoisotopic (exact) mass is 398 g/mol. The zero-order valence-corrected chi connectivity index (χ0v) is 17.5. The Hall–Kier alpha value is -2.67. The molecule has 0 saturated heterocycles. The molecule has 7 heteroatoms. The molecule has 0 aliphatic rings. The van der Waals surface area contributed by atoms with Gasteiger partial charge in [-0.1, -0.05) is 49.9 Å². The van der Waals surface area contributed by atoms with Crippen molar-refractivity contribution in [2.45, 2.75) is 44.2 Å². The molecule has 148 valence electrons. The number of nitrogen functional groups attached to an aromatic ring is 1. The van der Waals surface area contributed by atoms with Crippen LogP contribution < -0.4 is 15.3 Å². The fourth-order valence-corrected chi connectivity index (χ4v) is 3.62. The highest BCUT2D eigenvalue weighted by Crippen LogP contribution is 2.28. The number of nitrogens with zero attached hydrogens (tertiary/aromatic N) is 3. The average Bonchev–Trinajstić information content (AvgIpc) is 3.04. The molecule has 0 atom stereocenters. The van der Waals surface area contributed by atoms with Crippen molar-refractivity contribution in [1.29, 1.82) is 0 Å². The van der Waals surface area contributed by atoms with E-state index in [1.165, 1.54) is 22.0 Å². The van der Waals surface area contributed by atoms with E-state index in [-0.39, 0.29) is 6.61 Å². The summed E-state index contributed by atoms with van der Waals surface area (Å²) in [5.74, 6) is 9.57. The van der Waals surface area contributed by atoms with Gasteiger partial charge in [-0.15, -0.1) is 10.2 Å². The largest absolute Gasteiger partial charge is 0.497 e. The highest BCUT2D eigenvalue weighted by Gasteiger charge is 2.13. The van der Waals surface area contributed by atoms with Gasteiger partial charge in [0.1, 0.15) is 18.1 Å². The summed E-state index contributed by atoms with van der Waals surface area (Å²) in [5, 5.41) is 9.04. The normalized spacial score (nSPS) is 11.0. The van der Waals surface area contributed by atoms with Crippen LogP contribution in [0.25, 0.3) is 0 Å². The van der Waals surface area contributed by atoms with Gasteiger partial charge in [0, 0.05) is 5.75 Å². The van der Waals surface area contributed by atoms with Crippen LogP contribution in [0.5, 0.6) is 11.5 Å². The molecule has 3 aromatic rings. The van der Waals surface area contributed by atoms with Crippen molar-refractivity contribution < 1.29 is 9.47 Å². The average molecular weight is 399 g/mol. The van der Waals surface area contributed by atoms with Crippen molar-refractivity contribution in [2.24, 2.45) is 0 Å². The van der Waals surface area contributed by atoms with E-state index in [0.29, 0.717) is 16.9 Å². The van der Waals surface area contributed by atoms with Crippen LogP contribution in [0.4, 0.5) is 0 Å². The number of aryl methyl sites for hydroxylation is 1. The first kappa shape index (κ1) is 20.1. The lowest BCUT2D eigenvalue weighted by Gasteiger charge is -2.14. The van der Waals surface area contributed by atoms with Gasteiger partial charge in [-0.05, 0) is 47.7 Å². The van der Waals surface area contributed by atoms with Crippen molar-refractivity contribution >= 4 is 11.8 Å². The van der Waals surface area contributed by atoms with Crippen molar-refractivity contribution in [3.63, 3.8) is 0 Å². The third kappa shape index (κ3) is 4.78. The standard InChI is InChI=1S/C21H26N4O2S/c1-14(2)18-9-8-15(3)10-19(18)27-12-20-23-24-21(25(20)22)28-13-16-6-5-7-17(11-16)26-4/h5-11,14H,12-13,22H2,1-4H3. The summed E-state index contributed by atoms with van der Waals surface area (Å²) in [6.45, 7) is 6.62. The Morgan fingerprint density at radius 3 is 2.71 bits per heavy atom. The maximum Gasteiger partial charge on any atom is 0.210 e. The predicted molar refractivity (Wildman–Crippen MR) is 112 cm³/mol. The lowest BCUT2D eigenvalue weighted by Crippen LogP contribution is -2.16. The zero-order chi connectivity index (χ0) is 20.1. The Balaban J connectivity index is 1.66. The van der Waals surface area contributed by atoms with E-state index >= 15 is 0 Å². The number of hydrogen-bond donors (Lipinski definition) is 1. The second kappa shape index (κ2) is 9.01. The van der Waals surface area contributed by atoms with E-state index in [2.05, 4.69) is 43.1 Å². The Bertz CT molecular complexity index is 940. The number of hydrogen-bond acceptors (Lipinski definition) is 6. The molecule has 0 bridgehead atoms. The van der Waals surface area contributed by atoms with Gasteiger partial charge in [0.15, 0.2) is 5.82 Å². The number of ether oxygens (including phenoxy) is 2. The van der Waals surface area contributed by atoms with Gasteiger partial charge in [-0.3, -0.25) is 0 Å². The van der Waals surface area contributed by atoms with Crippen LogP contribution in [0.3, 0.4) is 0 Å². The summed E-state index contributed by atoms with van der Waals surface area (Å²) in [4.78, 5) is 0. The third-order valence-electron chi connectivity index (χ3n) is 4.39. The molecule has 0 saturated carbocycles. The maximum absolute atomic E-state index is 6.18. The second-order valence-electron chi connectivity index (χ2n) is 6.89. The summed E-state index contributed by atoms with van der Waals surface area (Å²) >= 11 is 1.53. The smallest absolute Gasteiger partial charge is 0.210 e. The molecule has 6 nitrogen and oxygen atoms in total. The second-order valence-corrected chi connectivity index (χ2v) is 7.84. The quantitative estimate of drug-likeness (QED) is 0.450. The van der Waals surface area contributed by atoms with Crippen molar-refractivity contribution in [2.75, 3.05) is 13.0 Å². The van der Waals surface area contributed by atoms with Gasteiger partial charge >= 0.3 is 0 Å². The van der Waals surface area contributed by atoms with Crippen LogP contribution in [0, 0.1) is 6.92 Å². The molecule has 0 aliphatic carbocycles. The molecule has 1 aromatic heterocycles. The van der Waals surface area contributed by atoms with Gasteiger partial charge < -0.3 is 15.3 Å². The SMILES string of the molecule is COc1cccc(CSc2nnc(COc3cc(C)ccc3C(C)C)n2N)c1. The van der Waals surface area contributed by atoms with Crippen LogP contribution in [-0.4, -0.2) is 22.0 Å². The number of nitrogens with two attached hydrogens (primary N) is 1. The summed E-state index contributed by atoms with van der Waals surface area (Å²) in [6.07, 6.45) is 0. The van der Waals surface area contributed by atoms with E-state index < -0.39 is 0 Å². The minimum absolute atomic E-state index is 0.270. The molecule has 1 heterocycles. The molecule has 3 rings (SSSR count). The van der Waals surface area contributed by atoms with Crippen LogP contribution in [0.2, 0.25) is 0 Å². The predicted octanol–water partition coefficient (Wildman–Crippen LogP) is 4.30. The topological polar surface area (TPSA) is 75.2 Å². The molecule has 2 N–H and O–H groups in total. The highest BCUT2D eigenvalue weighted by molar-refractivity contribution is 7.98. The van der Waals surface area contributed by atoms with Crippen LogP contribution >= 0.6 is 11.8 Å². The maximum atomic E-state index is 6.18. The first-order valence-corrected chi connectivity index (χ1v) is 10.1.